The van der Waals surface area contributed by atoms with Crippen LogP contribution in [0.5, 0.6) is 0 Å². The lowest BCUT2D eigenvalue weighted by atomic mass is 10.2. The van der Waals surface area contributed by atoms with Crippen molar-refractivity contribution in [1.29, 1.82) is 0 Å². The molecule has 3 aromatic heterocycles. The molecular formula is C18H20N4O2. The summed E-state index contributed by atoms with van der Waals surface area (Å²) in [7, 11) is 1.68. The molecule has 3 heterocycles. The molecule has 0 aromatic carbocycles. The van der Waals surface area contributed by atoms with Gasteiger partial charge in [0.05, 0.1) is 29.7 Å². The summed E-state index contributed by atoms with van der Waals surface area (Å²) >= 11 is 0. The van der Waals surface area contributed by atoms with Crippen molar-refractivity contribution in [1.82, 2.24) is 19.3 Å². The summed E-state index contributed by atoms with van der Waals surface area (Å²) in [6.07, 6.45) is 7.90. The highest BCUT2D eigenvalue weighted by Crippen LogP contribution is 2.26. The summed E-state index contributed by atoms with van der Waals surface area (Å²) in [6.45, 7) is 1.39. The molecule has 0 radical (unpaired) electrons. The van der Waals surface area contributed by atoms with E-state index in [0.717, 1.165) is 36.3 Å². The summed E-state index contributed by atoms with van der Waals surface area (Å²) in [6, 6.07) is 8.14. The minimum Gasteiger partial charge on any atom is -0.383 e. The predicted molar refractivity (Wildman–Crippen MR) is 91.0 cm³/mol. The Morgan fingerprint density at radius 2 is 2.29 bits per heavy atom. The fourth-order valence-corrected chi connectivity index (χ4v) is 2.83. The highest BCUT2D eigenvalue weighted by atomic mass is 16.5. The molecule has 6 heteroatoms. The average molecular weight is 324 g/mol. The lowest BCUT2D eigenvalue weighted by Gasteiger charge is -2.02. The molecule has 1 saturated carbocycles. The van der Waals surface area contributed by atoms with E-state index in [9.17, 15) is 4.79 Å². The summed E-state index contributed by atoms with van der Waals surface area (Å²) in [5.74, 6) is -0.00809. The van der Waals surface area contributed by atoms with Crippen molar-refractivity contribution < 1.29 is 9.53 Å². The first kappa shape index (κ1) is 15.0. The van der Waals surface area contributed by atoms with Crippen LogP contribution in [0.1, 0.15) is 23.2 Å². The van der Waals surface area contributed by atoms with Gasteiger partial charge in [-0.3, -0.25) is 4.79 Å². The highest BCUT2D eigenvalue weighted by molar-refractivity contribution is 6.03. The average Bonchev–Trinajstić information content (AvgIpc) is 3.15. The Morgan fingerprint density at radius 1 is 1.42 bits per heavy atom. The van der Waals surface area contributed by atoms with Gasteiger partial charge in [-0.1, -0.05) is 6.07 Å². The van der Waals surface area contributed by atoms with Crippen LogP contribution in [0.2, 0.25) is 0 Å². The van der Waals surface area contributed by atoms with Gasteiger partial charge < -0.3 is 19.0 Å². The standard InChI is InChI=1S/C18H20N4O2/c1-24-9-8-21-11-15(19-12-21)17-10-14(18(23)20-13-5-6-13)16-4-2-3-7-22(16)17/h2-4,7,10-13H,5-6,8-9H2,1H3,(H,20,23). The van der Waals surface area contributed by atoms with Gasteiger partial charge in [-0.25, -0.2) is 4.98 Å². The van der Waals surface area contributed by atoms with E-state index in [1.54, 1.807) is 13.4 Å². The van der Waals surface area contributed by atoms with Gasteiger partial charge in [0.25, 0.3) is 5.91 Å². The Kier molecular flexibility index (Phi) is 3.82. The smallest absolute Gasteiger partial charge is 0.253 e. The van der Waals surface area contributed by atoms with Gasteiger partial charge >= 0.3 is 0 Å². The number of aromatic nitrogens is 3. The minimum atomic E-state index is -0.00809. The predicted octanol–water partition coefficient (Wildman–Crippen LogP) is 2.34. The van der Waals surface area contributed by atoms with Gasteiger partial charge in [0.1, 0.15) is 5.69 Å². The molecule has 1 N–H and O–H groups in total. The summed E-state index contributed by atoms with van der Waals surface area (Å²) in [5.41, 5.74) is 3.36. The van der Waals surface area contributed by atoms with Crippen molar-refractivity contribution in [2.24, 2.45) is 0 Å². The van der Waals surface area contributed by atoms with Crippen LogP contribution in [0.3, 0.4) is 0 Å². The first-order chi connectivity index (χ1) is 11.8. The number of fused-ring (bicyclic) bond motifs is 1. The molecule has 0 unspecified atom stereocenters. The topological polar surface area (TPSA) is 60.6 Å². The van der Waals surface area contributed by atoms with Crippen LogP contribution in [0.25, 0.3) is 16.9 Å². The molecule has 1 aliphatic carbocycles. The zero-order valence-electron chi connectivity index (χ0n) is 13.6. The number of methoxy groups -OCH3 is 1. The lowest BCUT2D eigenvalue weighted by Crippen LogP contribution is -2.25. The van der Waals surface area contributed by atoms with Crippen molar-refractivity contribution >= 4 is 11.4 Å². The molecule has 0 bridgehead atoms. The number of rotatable bonds is 6. The molecule has 1 fully saturated rings. The Balaban J connectivity index is 1.72. The maximum atomic E-state index is 12.5. The Bertz CT molecular complexity index is 876. The van der Waals surface area contributed by atoms with Gasteiger partial charge in [0.15, 0.2) is 0 Å². The van der Waals surface area contributed by atoms with E-state index in [0.29, 0.717) is 18.2 Å². The Labute approximate surface area is 140 Å². The third kappa shape index (κ3) is 2.80. The Hall–Kier alpha value is -2.60. The number of amides is 1. The second-order valence-corrected chi connectivity index (χ2v) is 6.14. The monoisotopic (exact) mass is 324 g/mol. The van der Waals surface area contributed by atoms with E-state index in [-0.39, 0.29) is 5.91 Å². The molecule has 1 amide bonds. The molecule has 124 valence electrons. The van der Waals surface area contributed by atoms with Crippen molar-refractivity contribution in [3.05, 3.63) is 48.5 Å². The quantitative estimate of drug-likeness (QED) is 0.757. The molecule has 0 saturated heterocycles. The SMILES string of the molecule is COCCn1cnc(-c2cc(C(=O)NC3CC3)c3ccccn23)c1. The normalized spacial score (nSPS) is 14.2. The van der Waals surface area contributed by atoms with Crippen molar-refractivity contribution in [3.63, 3.8) is 0 Å². The van der Waals surface area contributed by atoms with Crippen molar-refractivity contribution in [2.45, 2.75) is 25.4 Å². The molecule has 4 rings (SSSR count). The first-order valence-corrected chi connectivity index (χ1v) is 8.18. The molecule has 3 aromatic rings. The van der Waals surface area contributed by atoms with Crippen LogP contribution < -0.4 is 5.32 Å². The van der Waals surface area contributed by atoms with Crippen LogP contribution in [0.4, 0.5) is 0 Å². The Morgan fingerprint density at radius 3 is 3.08 bits per heavy atom. The van der Waals surface area contributed by atoms with Crippen LogP contribution >= 0.6 is 0 Å². The van der Waals surface area contributed by atoms with Gasteiger partial charge in [-0.05, 0) is 31.0 Å². The number of ether oxygens (including phenoxy) is 1. The lowest BCUT2D eigenvalue weighted by molar-refractivity contribution is 0.0953. The summed E-state index contributed by atoms with van der Waals surface area (Å²) in [5, 5.41) is 3.07. The van der Waals surface area contributed by atoms with Crippen LogP contribution in [-0.4, -0.2) is 39.6 Å². The van der Waals surface area contributed by atoms with Crippen LogP contribution in [-0.2, 0) is 11.3 Å². The molecule has 0 atom stereocenters. The highest BCUT2D eigenvalue weighted by Gasteiger charge is 2.26. The summed E-state index contributed by atoms with van der Waals surface area (Å²) < 4.78 is 9.11. The first-order valence-electron chi connectivity index (χ1n) is 8.18. The molecule has 0 spiro atoms. The molecule has 1 aliphatic rings. The molecule has 6 nitrogen and oxygen atoms in total. The van der Waals surface area contributed by atoms with Gasteiger partial charge in [-0.2, -0.15) is 0 Å². The van der Waals surface area contributed by atoms with Gasteiger partial charge in [-0.15, -0.1) is 0 Å². The fourth-order valence-electron chi connectivity index (χ4n) is 2.83. The summed E-state index contributed by atoms with van der Waals surface area (Å²) in [4.78, 5) is 17.0. The second kappa shape index (κ2) is 6.13. The zero-order chi connectivity index (χ0) is 16.5. The molecular weight excluding hydrogens is 304 g/mol. The number of nitrogens with one attached hydrogen (secondary N) is 1. The number of hydrogen-bond donors (Lipinski definition) is 1. The van der Waals surface area contributed by atoms with Crippen molar-refractivity contribution in [3.8, 4) is 11.4 Å². The van der Waals surface area contributed by atoms with Gasteiger partial charge in [0, 0.05) is 32.1 Å². The van der Waals surface area contributed by atoms with E-state index >= 15 is 0 Å². The van der Waals surface area contributed by atoms with Gasteiger partial charge in [0.2, 0.25) is 0 Å². The van der Waals surface area contributed by atoms with E-state index < -0.39 is 0 Å². The maximum absolute atomic E-state index is 12.5. The number of hydrogen-bond acceptors (Lipinski definition) is 3. The third-order valence-corrected chi connectivity index (χ3v) is 4.28. The fraction of sp³-hybridized carbons (Fsp3) is 0.333. The zero-order valence-corrected chi connectivity index (χ0v) is 13.6. The number of imidazole rings is 1. The largest absolute Gasteiger partial charge is 0.383 e. The number of pyridine rings is 1. The van der Waals surface area contributed by atoms with E-state index in [4.69, 9.17) is 4.74 Å². The maximum Gasteiger partial charge on any atom is 0.253 e. The van der Waals surface area contributed by atoms with E-state index in [2.05, 4.69) is 10.3 Å². The number of carbonyl (C=O) groups excluding carboxylic acids is 1. The number of carbonyl (C=O) groups is 1. The van der Waals surface area contributed by atoms with E-state index in [1.165, 1.54) is 0 Å². The third-order valence-electron chi connectivity index (χ3n) is 4.28. The van der Waals surface area contributed by atoms with Crippen LogP contribution in [0.15, 0.2) is 43.0 Å². The van der Waals surface area contributed by atoms with Crippen molar-refractivity contribution in [2.75, 3.05) is 13.7 Å². The molecule has 0 aliphatic heterocycles. The van der Waals surface area contributed by atoms with E-state index in [1.807, 2.05) is 45.6 Å². The minimum absolute atomic E-state index is 0.00809. The van der Waals surface area contributed by atoms with Crippen LogP contribution in [0, 0.1) is 0 Å². The number of nitrogens with zero attached hydrogens (tertiary/aromatic N) is 3. The second-order valence-electron chi connectivity index (χ2n) is 6.14. The molecule has 24 heavy (non-hydrogen) atoms.